The van der Waals surface area contributed by atoms with Crippen LogP contribution in [0, 0.1) is 5.41 Å². The number of allylic oxidation sites excluding steroid dienone is 2. The molecule has 0 saturated heterocycles. The van der Waals surface area contributed by atoms with Crippen LogP contribution >= 0.6 is 12.4 Å². The van der Waals surface area contributed by atoms with Crippen LogP contribution in [0.1, 0.15) is 58.1 Å². The molecule has 130 valence electrons. The summed E-state index contributed by atoms with van der Waals surface area (Å²) in [7, 11) is 0. The van der Waals surface area contributed by atoms with Crippen LogP contribution in [0.5, 0.6) is 0 Å². The van der Waals surface area contributed by atoms with Crippen LogP contribution in [0.2, 0.25) is 0 Å². The topological polar surface area (TPSA) is 58.3 Å². The largest absolute Gasteiger partial charge is 0.398 e. The molecule has 0 spiro atoms. The molecule has 3 nitrogen and oxygen atoms in total. The highest BCUT2D eigenvalue weighted by Crippen LogP contribution is 2.40. The van der Waals surface area contributed by atoms with E-state index < -0.39 is 0 Å². The van der Waals surface area contributed by atoms with Crippen molar-refractivity contribution >= 4 is 23.7 Å². The van der Waals surface area contributed by atoms with Gasteiger partial charge in [-0.15, -0.1) is 12.4 Å². The maximum Gasteiger partial charge on any atom is 0.0556 e. The molecule has 0 aliphatic heterocycles. The van der Waals surface area contributed by atoms with Gasteiger partial charge >= 0.3 is 0 Å². The number of aliphatic hydroxyl groups excluding tert-OH is 1. The second-order valence-electron chi connectivity index (χ2n) is 7.68. The number of anilines is 1. The van der Waals surface area contributed by atoms with Gasteiger partial charge in [0.05, 0.1) is 6.61 Å². The summed E-state index contributed by atoms with van der Waals surface area (Å²) in [5.41, 5.74) is 11.1. The lowest BCUT2D eigenvalue weighted by Crippen LogP contribution is -2.38. The summed E-state index contributed by atoms with van der Waals surface area (Å²) in [6.07, 6.45) is 5.76. The van der Waals surface area contributed by atoms with E-state index >= 15 is 0 Å². The average molecular weight is 339 g/mol. The van der Waals surface area contributed by atoms with E-state index in [2.05, 4.69) is 51.2 Å². The summed E-state index contributed by atoms with van der Waals surface area (Å²) in [4.78, 5) is 0. The second-order valence-corrected chi connectivity index (χ2v) is 7.68. The summed E-state index contributed by atoms with van der Waals surface area (Å²) in [5, 5.41) is 12.4. The van der Waals surface area contributed by atoms with Crippen LogP contribution < -0.4 is 11.1 Å². The average Bonchev–Trinajstić information content (AvgIpc) is 2.46. The molecule has 0 fully saturated rings. The summed E-state index contributed by atoms with van der Waals surface area (Å²) in [6.45, 7) is 9.64. The van der Waals surface area contributed by atoms with Crippen LogP contribution in [0.25, 0.3) is 5.57 Å². The van der Waals surface area contributed by atoms with Gasteiger partial charge in [-0.3, -0.25) is 0 Å². The Balaban J connectivity index is 0.00000264. The van der Waals surface area contributed by atoms with Gasteiger partial charge in [0, 0.05) is 23.3 Å². The number of rotatable bonds is 5. The molecule has 0 bridgehead atoms. The first-order valence-corrected chi connectivity index (χ1v) is 8.20. The molecule has 1 aliphatic carbocycles. The number of aliphatic hydroxyl groups is 1. The first kappa shape index (κ1) is 20.0. The molecule has 1 aliphatic rings. The number of nitrogens with one attached hydrogen (secondary N) is 1. The first-order chi connectivity index (χ1) is 10.2. The van der Waals surface area contributed by atoms with Crippen LogP contribution in [-0.4, -0.2) is 18.3 Å². The molecule has 4 heteroatoms. The smallest absolute Gasteiger partial charge is 0.0556 e. The minimum atomic E-state index is -0.181. The number of hydrogen-bond donors (Lipinski definition) is 3. The Kier molecular flexibility index (Phi) is 6.70. The van der Waals surface area contributed by atoms with Crippen molar-refractivity contribution in [2.75, 3.05) is 18.9 Å². The van der Waals surface area contributed by atoms with Gasteiger partial charge in [-0.25, -0.2) is 0 Å². The Hall–Kier alpha value is -1.03. The predicted molar refractivity (Wildman–Crippen MR) is 102 cm³/mol. The standard InChI is InChI=1S/C19H30N2O.ClH/c1-18(2)9-7-14(8-10-18)16-13-15(5-6-17(16)20)19(3,4)21-11-12-22;/h5-7,13,21-22H,8-12,20H2,1-4H3;1H. The molecule has 2 rings (SSSR count). The molecule has 0 saturated carbocycles. The third-order valence-corrected chi connectivity index (χ3v) is 4.77. The Bertz CT molecular complexity index is 564. The first-order valence-electron chi connectivity index (χ1n) is 8.20. The van der Waals surface area contributed by atoms with Crippen molar-refractivity contribution in [2.45, 2.75) is 52.5 Å². The molecular weight excluding hydrogens is 308 g/mol. The van der Waals surface area contributed by atoms with Crippen molar-refractivity contribution in [3.8, 4) is 0 Å². The van der Waals surface area contributed by atoms with Crippen molar-refractivity contribution in [3.63, 3.8) is 0 Å². The fourth-order valence-electron chi connectivity index (χ4n) is 3.01. The number of nitrogen functional groups attached to an aromatic ring is 1. The highest BCUT2D eigenvalue weighted by molar-refractivity contribution is 5.85. The SMILES string of the molecule is CC1(C)CC=C(c2cc(C(C)(C)NCCO)ccc2N)CC1.Cl. The molecule has 0 aromatic heterocycles. The zero-order valence-electron chi connectivity index (χ0n) is 14.8. The lowest BCUT2D eigenvalue weighted by atomic mass is 9.76. The Labute approximate surface area is 146 Å². The van der Waals surface area contributed by atoms with Gasteiger partial charge in [0.15, 0.2) is 0 Å². The van der Waals surface area contributed by atoms with E-state index in [4.69, 9.17) is 10.8 Å². The molecule has 0 atom stereocenters. The van der Waals surface area contributed by atoms with Crippen molar-refractivity contribution in [2.24, 2.45) is 5.41 Å². The number of halogens is 1. The van der Waals surface area contributed by atoms with Crippen molar-refractivity contribution in [1.82, 2.24) is 5.32 Å². The van der Waals surface area contributed by atoms with E-state index in [0.717, 1.165) is 18.5 Å². The zero-order chi connectivity index (χ0) is 16.4. The van der Waals surface area contributed by atoms with Gasteiger partial charge in [-0.05, 0) is 61.8 Å². The minimum Gasteiger partial charge on any atom is -0.398 e. The molecule has 0 amide bonds. The maximum atomic E-state index is 9.04. The maximum absolute atomic E-state index is 9.04. The Morgan fingerprint density at radius 3 is 2.57 bits per heavy atom. The number of hydrogen-bond acceptors (Lipinski definition) is 3. The monoisotopic (exact) mass is 338 g/mol. The van der Waals surface area contributed by atoms with Crippen molar-refractivity contribution < 1.29 is 5.11 Å². The molecule has 4 N–H and O–H groups in total. The van der Waals surface area contributed by atoms with Crippen molar-refractivity contribution in [1.29, 1.82) is 0 Å². The quantitative estimate of drug-likeness (QED) is 0.708. The van der Waals surface area contributed by atoms with E-state index in [9.17, 15) is 0 Å². The predicted octanol–water partition coefficient (Wildman–Crippen LogP) is 4.10. The number of benzene rings is 1. The fourth-order valence-corrected chi connectivity index (χ4v) is 3.01. The van der Waals surface area contributed by atoms with Crippen LogP contribution in [0.4, 0.5) is 5.69 Å². The molecular formula is C19H31ClN2O. The molecule has 0 heterocycles. The summed E-state index contributed by atoms with van der Waals surface area (Å²) >= 11 is 0. The third kappa shape index (κ3) is 4.97. The van der Waals surface area contributed by atoms with E-state index in [1.54, 1.807) is 0 Å². The van der Waals surface area contributed by atoms with Gasteiger partial charge in [0.25, 0.3) is 0 Å². The molecule has 0 unspecified atom stereocenters. The minimum absolute atomic E-state index is 0. The van der Waals surface area contributed by atoms with Crippen LogP contribution in [-0.2, 0) is 5.54 Å². The summed E-state index contributed by atoms with van der Waals surface area (Å²) in [6, 6.07) is 6.30. The van der Waals surface area contributed by atoms with E-state index in [0.29, 0.717) is 12.0 Å². The van der Waals surface area contributed by atoms with E-state index in [1.807, 2.05) is 6.07 Å². The Morgan fingerprint density at radius 2 is 2.00 bits per heavy atom. The zero-order valence-corrected chi connectivity index (χ0v) is 15.6. The third-order valence-electron chi connectivity index (χ3n) is 4.77. The molecule has 23 heavy (non-hydrogen) atoms. The van der Waals surface area contributed by atoms with Gasteiger partial charge in [0.1, 0.15) is 0 Å². The molecule has 0 radical (unpaired) electrons. The lowest BCUT2D eigenvalue weighted by Gasteiger charge is -2.31. The van der Waals surface area contributed by atoms with Crippen molar-refractivity contribution in [3.05, 3.63) is 35.4 Å². The Morgan fingerprint density at radius 1 is 1.30 bits per heavy atom. The summed E-state index contributed by atoms with van der Waals surface area (Å²) in [5.74, 6) is 0. The van der Waals surface area contributed by atoms with Crippen LogP contribution in [0.15, 0.2) is 24.3 Å². The van der Waals surface area contributed by atoms with Gasteiger partial charge in [-0.2, -0.15) is 0 Å². The van der Waals surface area contributed by atoms with Gasteiger partial charge < -0.3 is 16.2 Å². The molecule has 1 aromatic carbocycles. The normalized spacial score (nSPS) is 17.3. The second kappa shape index (κ2) is 7.69. The van der Waals surface area contributed by atoms with E-state index in [-0.39, 0.29) is 24.6 Å². The summed E-state index contributed by atoms with van der Waals surface area (Å²) < 4.78 is 0. The van der Waals surface area contributed by atoms with Gasteiger partial charge in [-0.1, -0.05) is 26.0 Å². The van der Waals surface area contributed by atoms with Crippen LogP contribution in [0.3, 0.4) is 0 Å². The highest BCUT2D eigenvalue weighted by Gasteiger charge is 2.24. The van der Waals surface area contributed by atoms with E-state index in [1.165, 1.54) is 23.1 Å². The lowest BCUT2D eigenvalue weighted by molar-refractivity contribution is 0.267. The highest BCUT2D eigenvalue weighted by atomic mass is 35.5. The van der Waals surface area contributed by atoms with Gasteiger partial charge in [0.2, 0.25) is 0 Å². The number of nitrogens with two attached hydrogens (primary N) is 1. The molecule has 1 aromatic rings. The fraction of sp³-hybridized carbons (Fsp3) is 0.579.